The van der Waals surface area contributed by atoms with Gasteiger partial charge in [0.1, 0.15) is 0 Å². The van der Waals surface area contributed by atoms with Crippen LogP contribution in [0.4, 0.5) is 0 Å². The van der Waals surface area contributed by atoms with E-state index in [4.69, 9.17) is 11.6 Å². The third-order valence-corrected chi connectivity index (χ3v) is 4.92. The number of para-hydroxylation sites is 1. The minimum absolute atomic E-state index is 0.160. The third-order valence-electron chi connectivity index (χ3n) is 4.66. The lowest BCUT2D eigenvalue weighted by Crippen LogP contribution is -2.25. The largest absolute Gasteiger partial charge is 0.351 e. The molecule has 3 aromatic rings. The van der Waals surface area contributed by atoms with E-state index in [1.165, 1.54) is 0 Å². The lowest BCUT2D eigenvalue weighted by atomic mass is 10.1. The van der Waals surface area contributed by atoms with Gasteiger partial charge in [0, 0.05) is 17.0 Å². The molecule has 28 heavy (non-hydrogen) atoms. The van der Waals surface area contributed by atoms with E-state index in [2.05, 4.69) is 23.6 Å². The molecule has 0 aliphatic rings. The second kappa shape index (κ2) is 8.89. The monoisotopic (exact) mass is 393 g/mol. The van der Waals surface area contributed by atoms with Gasteiger partial charge < -0.3 is 5.32 Å². The molecule has 144 valence electrons. The van der Waals surface area contributed by atoms with Gasteiger partial charge in [-0.2, -0.15) is 5.10 Å². The summed E-state index contributed by atoms with van der Waals surface area (Å²) in [6, 6.07) is 15.4. The van der Waals surface area contributed by atoms with Gasteiger partial charge in [-0.05, 0) is 43.5 Å². The Morgan fingerprint density at radius 1 is 1.14 bits per heavy atom. The Hall–Kier alpha value is -2.85. The SMILES string of the molecule is C=C(C)C(=C)CCCNC(=O)c1nn(Cc2ccc(Cl)cc2)c2ccccc12. The number of nitrogens with zero attached hydrogens (tertiary/aromatic N) is 2. The van der Waals surface area contributed by atoms with E-state index in [1.807, 2.05) is 60.1 Å². The van der Waals surface area contributed by atoms with Crippen molar-refractivity contribution < 1.29 is 4.79 Å². The molecule has 0 atom stereocenters. The number of carbonyl (C=O) groups is 1. The molecule has 1 N–H and O–H groups in total. The van der Waals surface area contributed by atoms with Gasteiger partial charge in [-0.15, -0.1) is 0 Å². The number of benzene rings is 2. The first-order valence-electron chi connectivity index (χ1n) is 9.27. The number of hydrogen-bond donors (Lipinski definition) is 1. The number of aromatic nitrogens is 2. The van der Waals surface area contributed by atoms with Crippen molar-refractivity contribution in [2.75, 3.05) is 6.54 Å². The Bertz CT molecular complexity index is 1020. The first-order chi connectivity index (χ1) is 13.5. The summed E-state index contributed by atoms with van der Waals surface area (Å²) < 4.78 is 1.86. The van der Waals surface area contributed by atoms with E-state index in [0.717, 1.165) is 40.5 Å². The fourth-order valence-electron chi connectivity index (χ4n) is 2.98. The fourth-order valence-corrected chi connectivity index (χ4v) is 3.11. The van der Waals surface area contributed by atoms with Crippen LogP contribution < -0.4 is 5.32 Å². The molecule has 1 amide bonds. The molecule has 0 unspecified atom stereocenters. The second-order valence-electron chi connectivity index (χ2n) is 6.89. The quantitative estimate of drug-likeness (QED) is 0.412. The summed E-state index contributed by atoms with van der Waals surface area (Å²) in [5, 5.41) is 9.10. The zero-order chi connectivity index (χ0) is 20.1. The third kappa shape index (κ3) is 4.70. The highest BCUT2D eigenvalue weighted by Gasteiger charge is 2.16. The molecule has 2 aromatic carbocycles. The highest BCUT2D eigenvalue weighted by molar-refractivity contribution is 6.30. The number of fused-ring (bicyclic) bond motifs is 1. The molecule has 0 fully saturated rings. The maximum Gasteiger partial charge on any atom is 0.272 e. The number of amides is 1. The van der Waals surface area contributed by atoms with Gasteiger partial charge in [0.15, 0.2) is 5.69 Å². The Morgan fingerprint density at radius 3 is 2.57 bits per heavy atom. The van der Waals surface area contributed by atoms with E-state index in [0.29, 0.717) is 23.8 Å². The first-order valence-corrected chi connectivity index (χ1v) is 9.65. The lowest BCUT2D eigenvalue weighted by molar-refractivity contribution is 0.0949. The van der Waals surface area contributed by atoms with Gasteiger partial charge in [0.25, 0.3) is 5.91 Å². The van der Waals surface area contributed by atoms with Crippen LogP contribution in [-0.4, -0.2) is 22.2 Å². The fraction of sp³-hybridized carbons (Fsp3) is 0.217. The maximum absolute atomic E-state index is 12.7. The molecular formula is C23H24ClN3O. The van der Waals surface area contributed by atoms with Crippen molar-refractivity contribution in [2.24, 2.45) is 0 Å². The molecule has 1 heterocycles. The zero-order valence-corrected chi connectivity index (χ0v) is 16.8. The van der Waals surface area contributed by atoms with Crippen LogP contribution in [0.2, 0.25) is 5.02 Å². The van der Waals surface area contributed by atoms with E-state index < -0.39 is 0 Å². The topological polar surface area (TPSA) is 46.9 Å². The van der Waals surface area contributed by atoms with Crippen LogP contribution in [0.3, 0.4) is 0 Å². The second-order valence-corrected chi connectivity index (χ2v) is 7.33. The summed E-state index contributed by atoms with van der Waals surface area (Å²) in [6.45, 7) is 11.0. The highest BCUT2D eigenvalue weighted by atomic mass is 35.5. The molecule has 0 saturated carbocycles. The maximum atomic E-state index is 12.7. The van der Waals surface area contributed by atoms with Crippen molar-refractivity contribution in [1.29, 1.82) is 0 Å². The average molecular weight is 394 g/mol. The standard InChI is InChI=1S/C23H24ClN3O/c1-16(2)17(3)7-6-14-25-23(28)22-20-8-4-5-9-21(20)27(26-22)15-18-10-12-19(24)13-11-18/h4-5,8-13H,1,3,6-7,14-15H2,2H3,(H,25,28). The van der Waals surface area contributed by atoms with Crippen LogP contribution in [0.25, 0.3) is 10.9 Å². The smallest absolute Gasteiger partial charge is 0.272 e. The van der Waals surface area contributed by atoms with Gasteiger partial charge in [-0.25, -0.2) is 0 Å². The molecular weight excluding hydrogens is 370 g/mol. The predicted molar refractivity (Wildman–Crippen MR) is 116 cm³/mol. The average Bonchev–Trinajstić information content (AvgIpc) is 3.05. The van der Waals surface area contributed by atoms with Gasteiger partial charge in [-0.3, -0.25) is 9.48 Å². The minimum atomic E-state index is -0.160. The van der Waals surface area contributed by atoms with Crippen molar-refractivity contribution in [2.45, 2.75) is 26.3 Å². The minimum Gasteiger partial charge on any atom is -0.351 e. The molecule has 1 aromatic heterocycles. The van der Waals surface area contributed by atoms with Crippen molar-refractivity contribution in [1.82, 2.24) is 15.1 Å². The number of nitrogens with one attached hydrogen (secondary N) is 1. The molecule has 0 aliphatic heterocycles. The number of hydrogen-bond acceptors (Lipinski definition) is 2. The van der Waals surface area contributed by atoms with Crippen molar-refractivity contribution >= 4 is 28.4 Å². The van der Waals surface area contributed by atoms with Crippen molar-refractivity contribution in [3.8, 4) is 0 Å². The normalized spacial score (nSPS) is 10.8. The van der Waals surface area contributed by atoms with Crippen LogP contribution >= 0.6 is 11.6 Å². The number of halogens is 1. The van der Waals surface area contributed by atoms with E-state index >= 15 is 0 Å². The predicted octanol–water partition coefficient (Wildman–Crippen LogP) is 5.38. The Balaban J connectivity index is 1.74. The van der Waals surface area contributed by atoms with E-state index in [9.17, 15) is 4.79 Å². The Labute approximate surface area is 170 Å². The molecule has 0 saturated heterocycles. The van der Waals surface area contributed by atoms with Crippen LogP contribution in [0.1, 0.15) is 35.8 Å². The van der Waals surface area contributed by atoms with Gasteiger partial charge in [-0.1, -0.05) is 66.2 Å². The molecule has 4 nitrogen and oxygen atoms in total. The van der Waals surface area contributed by atoms with Crippen LogP contribution in [0.5, 0.6) is 0 Å². The summed E-state index contributed by atoms with van der Waals surface area (Å²) in [5.74, 6) is -0.160. The summed E-state index contributed by atoms with van der Waals surface area (Å²) >= 11 is 5.97. The van der Waals surface area contributed by atoms with E-state index in [-0.39, 0.29) is 5.91 Å². The Morgan fingerprint density at radius 2 is 1.86 bits per heavy atom. The molecule has 0 aliphatic carbocycles. The zero-order valence-electron chi connectivity index (χ0n) is 16.0. The summed E-state index contributed by atoms with van der Waals surface area (Å²) in [5.41, 5.74) is 4.45. The van der Waals surface area contributed by atoms with Crippen LogP contribution in [0, 0.1) is 0 Å². The lowest BCUT2D eigenvalue weighted by Gasteiger charge is -2.06. The van der Waals surface area contributed by atoms with E-state index in [1.54, 1.807) is 0 Å². The van der Waals surface area contributed by atoms with Gasteiger partial charge >= 0.3 is 0 Å². The van der Waals surface area contributed by atoms with Gasteiger partial charge in [0.05, 0.1) is 12.1 Å². The molecule has 0 bridgehead atoms. The Kier molecular flexibility index (Phi) is 6.32. The number of allylic oxidation sites excluding steroid dienone is 2. The molecule has 0 spiro atoms. The molecule has 0 radical (unpaired) electrons. The summed E-state index contributed by atoms with van der Waals surface area (Å²) in [4.78, 5) is 12.7. The molecule has 3 rings (SSSR count). The number of rotatable bonds is 8. The van der Waals surface area contributed by atoms with Gasteiger partial charge in [0.2, 0.25) is 0 Å². The van der Waals surface area contributed by atoms with Crippen LogP contribution in [-0.2, 0) is 6.54 Å². The van der Waals surface area contributed by atoms with Crippen LogP contribution in [0.15, 0.2) is 72.8 Å². The van der Waals surface area contributed by atoms with Crippen molar-refractivity contribution in [3.63, 3.8) is 0 Å². The summed E-state index contributed by atoms with van der Waals surface area (Å²) in [6.07, 6.45) is 1.64. The first kappa shape index (κ1) is 19.9. The van der Waals surface area contributed by atoms with Crippen molar-refractivity contribution in [3.05, 3.63) is 89.1 Å². The summed E-state index contributed by atoms with van der Waals surface area (Å²) in [7, 11) is 0. The number of carbonyl (C=O) groups excluding carboxylic acids is 1. The molecule has 5 heteroatoms. The highest BCUT2D eigenvalue weighted by Crippen LogP contribution is 2.20.